The number of hydrogen-bond acceptors (Lipinski definition) is 3. The number of hydrogen-bond donors (Lipinski definition) is 2. The second-order valence-electron chi connectivity index (χ2n) is 5.50. The lowest BCUT2D eigenvalue weighted by molar-refractivity contribution is 0.0265. The highest BCUT2D eigenvalue weighted by molar-refractivity contribution is 5.10. The molecule has 4 nitrogen and oxygen atoms in total. The van der Waals surface area contributed by atoms with E-state index in [-0.39, 0.29) is 5.41 Å². The van der Waals surface area contributed by atoms with Crippen molar-refractivity contribution >= 4 is 0 Å². The Morgan fingerprint density at radius 3 is 2.65 bits per heavy atom. The van der Waals surface area contributed by atoms with Gasteiger partial charge in [-0.05, 0) is 26.7 Å². The molecule has 0 aliphatic heterocycles. The van der Waals surface area contributed by atoms with E-state index >= 15 is 0 Å². The molecule has 0 bridgehead atoms. The van der Waals surface area contributed by atoms with Gasteiger partial charge in [0.05, 0.1) is 18.2 Å². The van der Waals surface area contributed by atoms with Crippen molar-refractivity contribution in [2.45, 2.75) is 51.7 Å². The smallest absolute Gasteiger partial charge is 0.102 e. The first-order valence-electron chi connectivity index (χ1n) is 6.50. The summed E-state index contributed by atoms with van der Waals surface area (Å²) < 4.78 is 2.04. The summed E-state index contributed by atoms with van der Waals surface area (Å²) in [5.74, 6) is 0. The molecular formula is C13H23N3O. The maximum Gasteiger partial charge on any atom is 0.102 e. The summed E-state index contributed by atoms with van der Waals surface area (Å²) >= 11 is 0. The highest BCUT2D eigenvalue weighted by Crippen LogP contribution is 2.46. The molecule has 0 radical (unpaired) electrons. The van der Waals surface area contributed by atoms with Crippen LogP contribution in [0.25, 0.3) is 0 Å². The van der Waals surface area contributed by atoms with Crippen molar-refractivity contribution in [1.29, 1.82) is 0 Å². The molecule has 1 aliphatic carbocycles. The van der Waals surface area contributed by atoms with Crippen molar-refractivity contribution in [3.8, 4) is 0 Å². The topological polar surface area (TPSA) is 64.1 Å². The maximum absolute atomic E-state index is 10.6. The minimum absolute atomic E-state index is 0.132. The molecule has 96 valence electrons. The van der Waals surface area contributed by atoms with Gasteiger partial charge in [0.2, 0.25) is 0 Å². The molecule has 1 aromatic rings. The van der Waals surface area contributed by atoms with E-state index in [1.54, 1.807) is 12.5 Å². The van der Waals surface area contributed by atoms with E-state index in [4.69, 9.17) is 5.73 Å². The Kier molecular flexibility index (Phi) is 3.54. The van der Waals surface area contributed by atoms with Crippen LogP contribution in [-0.4, -0.2) is 21.2 Å². The second kappa shape index (κ2) is 4.78. The first kappa shape index (κ1) is 12.6. The number of imidazole rings is 1. The summed E-state index contributed by atoms with van der Waals surface area (Å²) in [6.45, 7) is 4.75. The molecule has 0 amide bonds. The third kappa shape index (κ3) is 2.11. The van der Waals surface area contributed by atoms with Crippen molar-refractivity contribution in [3.05, 3.63) is 18.2 Å². The fourth-order valence-corrected chi connectivity index (χ4v) is 2.94. The first-order chi connectivity index (χ1) is 8.10. The molecule has 1 fully saturated rings. The highest BCUT2D eigenvalue weighted by atomic mass is 16.3. The number of aliphatic hydroxyl groups excluding tert-OH is 1. The van der Waals surface area contributed by atoms with E-state index in [0.717, 1.165) is 18.5 Å². The number of rotatable bonds is 4. The normalized spacial score (nSPS) is 21.0. The molecular weight excluding hydrogens is 214 g/mol. The fourth-order valence-electron chi connectivity index (χ4n) is 2.94. The van der Waals surface area contributed by atoms with E-state index in [1.807, 2.05) is 4.57 Å². The summed E-state index contributed by atoms with van der Waals surface area (Å²) in [6, 6.07) is 0.318. The Balaban J connectivity index is 2.29. The molecule has 17 heavy (non-hydrogen) atoms. The lowest BCUT2D eigenvalue weighted by Crippen LogP contribution is -2.35. The standard InChI is InChI=1S/C13H23N3O/c1-10(2)16-9-15-7-11(16)12(17)13(8-14)5-3-4-6-13/h7,9-10,12,17H,3-6,8,14H2,1-2H3. The van der Waals surface area contributed by atoms with Gasteiger partial charge in [0.15, 0.2) is 0 Å². The maximum atomic E-state index is 10.6. The minimum Gasteiger partial charge on any atom is -0.386 e. The molecule has 1 heterocycles. The lowest BCUT2D eigenvalue weighted by atomic mass is 9.79. The number of nitrogens with two attached hydrogens (primary N) is 1. The van der Waals surface area contributed by atoms with Gasteiger partial charge in [-0.3, -0.25) is 0 Å². The third-order valence-electron chi connectivity index (χ3n) is 4.12. The van der Waals surface area contributed by atoms with Crippen molar-refractivity contribution in [2.75, 3.05) is 6.54 Å². The summed E-state index contributed by atoms with van der Waals surface area (Å²) in [7, 11) is 0. The number of nitrogens with zero attached hydrogens (tertiary/aromatic N) is 2. The number of aromatic nitrogens is 2. The zero-order valence-corrected chi connectivity index (χ0v) is 10.8. The predicted molar refractivity (Wildman–Crippen MR) is 67.5 cm³/mol. The van der Waals surface area contributed by atoms with Crippen molar-refractivity contribution in [1.82, 2.24) is 9.55 Å². The fraction of sp³-hybridized carbons (Fsp3) is 0.769. The van der Waals surface area contributed by atoms with Crippen LogP contribution in [0.5, 0.6) is 0 Å². The summed E-state index contributed by atoms with van der Waals surface area (Å²) in [4.78, 5) is 4.16. The largest absolute Gasteiger partial charge is 0.386 e. The molecule has 0 aromatic carbocycles. The van der Waals surface area contributed by atoms with E-state index in [2.05, 4.69) is 18.8 Å². The van der Waals surface area contributed by atoms with Crippen LogP contribution in [0.15, 0.2) is 12.5 Å². The molecule has 4 heteroatoms. The van der Waals surface area contributed by atoms with Gasteiger partial charge in [-0.25, -0.2) is 4.98 Å². The predicted octanol–water partition coefficient (Wildman–Crippen LogP) is 2.02. The molecule has 1 aliphatic rings. The Labute approximate surface area is 103 Å². The molecule has 1 atom stereocenters. The third-order valence-corrected chi connectivity index (χ3v) is 4.12. The van der Waals surface area contributed by atoms with Crippen LogP contribution in [0.3, 0.4) is 0 Å². The minimum atomic E-state index is -0.486. The summed E-state index contributed by atoms with van der Waals surface area (Å²) in [6.07, 6.45) is 7.47. The van der Waals surface area contributed by atoms with Gasteiger partial charge in [0.25, 0.3) is 0 Å². The van der Waals surface area contributed by atoms with Gasteiger partial charge >= 0.3 is 0 Å². The van der Waals surface area contributed by atoms with Crippen molar-refractivity contribution in [3.63, 3.8) is 0 Å². The highest BCUT2D eigenvalue weighted by Gasteiger charge is 2.41. The van der Waals surface area contributed by atoms with Crippen LogP contribution in [-0.2, 0) is 0 Å². The summed E-state index contributed by atoms with van der Waals surface area (Å²) in [5, 5.41) is 10.6. The van der Waals surface area contributed by atoms with Crippen LogP contribution < -0.4 is 5.73 Å². The molecule has 0 spiro atoms. The van der Waals surface area contributed by atoms with Crippen LogP contribution in [0.4, 0.5) is 0 Å². The Morgan fingerprint density at radius 2 is 2.12 bits per heavy atom. The van der Waals surface area contributed by atoms with Crippen molar-refractivity contribution in [2.24, 2.45) is 11.1 Å². The molecule has 2 rings (SSSR count). The average molecular weight is 237 g/mol. The Morgan fingerprint density at radius 1 is 1.47 bits per heavy atom. The van der Waals surface area contributed by atoms with Crippen LogP contribution in [0.1, 0.15) is 57.4 Å². The van der Waals surface area contributed by atoms with E-state index in [9.17, 15) is 5.11 Å². The molecule has 1 saturated carbocycles. The van der Waals surface area contributed by atoms with Crippen LogP contribution >= 0.6 is 0 Å². The SMILES string of the molecule is CC(C)n1cncc1C(O)C1(CN)CCCC1. The Hall–Kier alpha value is -0.870. The van der Waals surface area contributed by atoms with Gasteiger partial charge < -0.3 is 15.4 Å². The molecule has 0 saturated heterocycles. The quantitative estimate of drug-likeness (QED) is 0.842. The van der Waals surface area contributed by atoms with E-state index in [0.29, 0.717) is 12.6 Å². The average Bonchev–Trinajstić information content (AvgIpc) is 2.98. The second-order valence-corrected chi connectivity index (χ2v) is 5.50. The zero-order valence-electron chi connectivity index (χ0n) is 10.8. The summed E-state index contributed by atoms with van der Waals surface area (Å²) in [5.41, 5.74) is 6.69. The number of aliphatic hydroxyl groups is 1. The zero-order chi connectivity index (χ0) is 12.5. The van der Waals surface area contributed by atoms with Gasteiger partial charge in [0, 0.05) is 18.0 Å². The lowest BCUT2D eigenvalue weighted by Gasteiger charge is -2.33. The molecule has 3 N–H and O–H groups in total. The van der Waals surface area contributed by atoms with Gasteiger partial charge in [-0.1, -0.05) is 12.8 Å². The first-order valence-corrected chi connectivity index (χ1v) is 6.50. The van der Waals surface area contributed by atoms with E-state index < -0.39 is 6.10 Å². The molecule has 1 aromatic heterocycles. The molecule has 1 unspecified atom stereocenters. The van der Waals surface area contributed by atoms with Crippen LogP contribution in [0.2, 0.25) is 0 Å². The monoisotopic (exact) mass is 237 g/mol. The van der Waals surface area contributed by atoms with Gasteiger partial charge in [-0.15, -0.1) is 0 Å². The van der Waals surface area contributed by atoms with Gasteiger partial charge in [0.1, 0.15) is 6.10 Å². The Bertz CT molecular complexity index is 366. The van der Waals surface area contributed by atoms with Gasteiger partial charge in [-0.2, -0.15) is 0 Å². The van der Waals surface area contributed by atoms with E-state index in [1.165, 1.54) is 12.8 Å². The van der Waals surface area contributed by atoms with Crippen molar-refractivity contribution < 1.29 is 5.11 Å². The van der Waals surface area contributed by atoms with Crippen LogP contribution in [0, 0.1) is 5.41 Å².